The SMILES string of the molecule is NC1(CN2CCOCC2)CCNCC1. The fourth-order valence-corrected chi connectivity index (χ4v) is 2.29. The third-order valence-corrected chi connectivity index (χ3v) is 3.24. The second-order valence-corrected chi connectivity index (χ2v) is 4.50. The summed E-state index contributed by atoms with van der Waals surface area (Å²) in [6.45, 7) is 7.02. The van der Waals surface area contributed by atoms with Gasteiger partial charge in [0.2, 0.25) is 0 Å². The minimum Gasteiger partial charge on any atom is -0.379 e. The lowest BCUT2D eigenvalue weighted by Crippen LogP contribution is -2.57. The molecule has 2 heterocycles. The number of hydrogen-bond donors (Lipinski definition) is 2. The maximum atomic E-state index is 6.37. The molecule has 0 radical (unpaired) electrons. The normalized spacial score (nSPS) is 28.9. The first-order valence-electron chi connectivity index (χ1n) is 5.58. The first kappa shape index (κ1) is 10.4. The topological polar surface area (TPSA) is 50.5 Å². The number of nitrogens with one attached hydrogen (secondary N) is 1. The molecule has 3 N–H and O–H groups in total. The quantitative estimate of drug-likeness (QED) is 0.623. The first-order chi connectivity index (χ1) is 6.79. The van der Waals surface area contributed by atoms with Crippen LogP contribution in [0, 0.1) is 0 Å². The van der Waals surface area contributed by atoms with E-state index in [-0.39, 0.29) is 5.54 Å². The fourth-order valence-electron chi connectivity index (χ4n) is 2.29. The highest BCUT2D eigenvalue weighted by Gasteiger charge is 2.29. The van der Waals surface area contributed by atoms with Crippen molar-refractivity contribution >= 4 is 0 Å². The van der Waals surface area contributed by atoms with Crippen molar-refractivity contribution in [2.75, 3.05) is 45.9 Å². The molecular formula is C10H21N3O. The molecule has 82 valence electrons. The molecule has 0 unspecified atom stereocenters. The van der Waals surface area contributed by atoms with Crippen LogP contribution in [0.2, 0.25) is 0 Å². The van der Waals surface area contributed by atoms with Crippen LogP contribution in [0.5, 0.6) is 0 Å². The lowest BCUT2D eigenvalue weighted by atomic mass is 9.89. The smallest absolute Gasteiger partial charge is 0.0594 e. The van der Waals surface area contributed by atoms with Crippen molar-refractivity contribution in [3.8, 4) is 0 Å². The van der Waals surface area contributed by atoms with Gasteiger partial charge in [0.1, 0.15) is 0 Å². The number of nitrogens with two attached hydrogens (primary N) is 1. The highest BCUT2D eigenvalue weighted by molar-refractivity contribution is 4.92. The third-order valence-electron chi connectivity index (χ3n) is 3.24. The van der Waals surface area contributed by atoms with E-state index in [9.17, 15) is 0 Å². The van der Waals surface area contributed by atoms with E-state index in [1.807, 2.05) is 0 Å². The zero-order chi connectivity index (χ0) is 9.86. The predicted molar refractivity (Wildman–Crippen MR) is 56.3 cm³/mol. The van der Waals surface area contributed by atoms with Crippen molar-refractivity contribution in [3.63, 3.8) is 0 Å². The van der Waals surface area contributed by atoms with Crippen molar-refractivity contribution in [2.24, 2.45) is 5.73 Å². The lowest BCUT2D eigenvalue weighted by molar-refractivity contribution is 0.0244. The molecule has 0 aromatic carbocycles. The molecule has 2 saturated heterocycles. The zero-order valence-electron chi connectivity index (χ0n) is 8.80. The van der Waals surface area contributed by atoms with Gasteiger partial charge in [0.15, 0.2) is 0 Å². The van der Waals surface area contributed by atoms with Crippen LogP contribution < -0.4 is 11.1 Å². The second-order valence-electron chi connectivity index (χ2n) is 4.50. The summed E-state index contributed by atoms with van der Waals surface area (Å²) < 4.78 is 5.33. The standard InChI is InChI=1S/C10H21N3O/c11-10(1-3-12-4-2-10)9-13-5-7-14-8-6-13/h12H,1-9,11H2. The third kappa shape index (κ3) is 2.67. The molecule has 0 aromatic heterocycles. The summed E-state index contributed by atoms with van der Waals surface area (Å²) in [5.74, 6) is 0. The van der Waals surface area contributed by atoms with Crippen molar-refractivity contribution < 1.29 is 4.74 Å². The molecule has 4 nitrogen and oxygen atoms in total. The Morgan fingerprint density at radius 1 is 1.21 bits per heavy atom. The Kier molecular flexibility index (Phi) is 3.38. The summed E-state index contributed by atoms with van der Waals surface area (Å²) in [5, 5.41) is 3.35. The van der Waals surface area contributed by atoms with E-state index in [1.165, 1.54) is 0 Å². The van der Waals surface area contributed by atoms with E-state index in [0.717, 1.165) is 58.8 Å². The molecule has 0 spiro atoms. The van der Waals surface area contributed by atoms with Gasteiger partial charge in [-0.15, -0.1) is 0 Å². The number of hydrogen-bond acceptors (Lipinski definition) is 4. The summed E-state index contributed by atoms with van der Waals surface area (Å²) in [6, 6.07) is 0. The van der Waals surface area contributed by atoms with Crippen molar-refractivity contribution in [1.82, 2.24) is 10.2 Å². The number of ether oxygens (including phenoxy) is 1. The largest absolute Gasteiger partial charge is 0.379 e. The second kappa shape index (κ2) is 4.57. The van der Waals surface area contributed by atoms with E-state index < -0.39 is 0 Å². The van der Waals surface area contributed by atoms with Gasteiger partial charge in [-0.2, -0.15) is 0 Å². The van der Waals surface area contributed by atoms with E-state index in [4.69, 9.17) is 10.5 Å². The van der Waals surface area contributed by atoms with Gasteiger partial charge in [0.05, 0.1) is 13.2 Å². The average Bonchev–Trinajstić information content (AvgIpc) is 2.19. The molecule has 0 aromatic rings. The van der Waals surface area contributed by atoms with Crippen LogP contribution in [0.25, 0.3) is 0 Å². The number of nitrogens with zero attached hydrogens (tertiary/aromatic N) is 1. The Bertz CT molecular complexity index is 174. The van der Waals surface area contributed by atoms with Gasteiger partial charge < -0.3 is 15.8 Å². The van der Waals surface area contributed by atoms with Crippen LogP contribution in [0.1, 0.15) is 12.8 Å². The van der Waals surface area contributed by atoms with Crippen LogP contribution in [0.15, 0.2) is 0 Å². The van der Waals surface area contributed by atoms with E-state index >= 15 is 0 Å². The van der Waals surface area contributed by atoms with Gasteiger partial charge in [0.25, 0.3) is 0 Å². The van der Waals surface area contributed by atoms with Gasteiger partial charge >= 0.3 is 0 Å². The highest BCUT2D eigenvalue weighted by Crippen LogP contribution is 2.17. The summed E-state index contributed by atoms with van der Waals surface area (Å²) in [6.07, 6.45) is 2.20. The lowest BCUT2D eigenvalue weighted by Gasteiger charge is -2.39. The molecule has 14 heavy (non-hydrogen) atoms. The maximum absolute atomic E-state index is 6.37. The molecule has 0 saturated carbocycles. The fraction of sp³-hybridized carbons (Fsp3) is 1.00. The zero-order valence-corrected chi connectivity index (χ0v) is 8.80. The Balaban J connectivity index is 1.81. The van der Waals surface area contributed by atoms with Gasteiger partial charge in [-0.1, -0.05) is 0 Å². The highest BCUT2D eigenvalue weighted by atomic mass is 16.5. The molecule has 2 aliphatic rings. The van der Waals surface area contributed by atoms with Crippen LogP contribution in [-0.4, -0.2) is 56.4 Å². The molecule has 0 aliphatic carbocycles. The summed E-state index contributed by atoms with van der Waals surface area (Å²) in [7, 11) is 0. The van der Waals surface area contributed by atoms with E-state index in [1.54, 1.807) is 0 Å². The van der Waals surface area contributed by atoms with E-state index in [2.05, 4.69) is 10.2 Å². The predicted octanol–water partition coefficient (Wildman–Crippen LogP) is -0.600. The molecule has 4 heteroatoms. The molecule has 0 amide bonds. The summed E-state index contributed by atoms with van der Waals surface area (Å²) in [5.41, 5.74) is 6.41. The van der Waals surface area contributed by atoms with Gasteiger partial charge in [-0.25, -0.2) is 0 Å². The van der Waals surface area contributed by atoms with Crippen molar-refractivity contribution in [1.29, 1.82) is 0 Å². The minimum absolute atomic E-state index is 0.0442. The Hall–Kier alpha value is -0.160. The number of piperidine rings is 1. The molecule has 0 bridgehead atoms. The first-order valence-corrected chi connectivity index (χ1v) is 5.58. The van der Waals surface area contributed by atoms with Crippen molar-refractivity contribution in [3.05, 3.63) is 0 Å². The molecule has 2 fully saturated rings. The molecule has 2 rings (SSSR count). The van der Waals surface area contributed by atoms with Gasteiger partial charge in [-0.3, -0.25) is 4.90 Å². The average molecular weight is 199 g/mol. The molecule has 2 aliphatic heterocycles. The Morgan fingerprint density at radius 3 is 2.50 bits per heavy atom. The number of morpholine rings is 1. The van der Waals surface area contributed by atoms with Crippen LogP contribution in [0.3, 0.4) is 0 Å². The van der Waals surface area contributed by atoms with Crippen LogP contribution in [0.4, 0.5) is 0 Å². The minimum atomic E-state index is 0.0442. The summed E-state index contributed by atoms with van der Waals surface area (Å²) >= 11 is 0. The summed E-state index contributed by atoms with van der Waals surface area (Å²) in [4.78, 5) is 2.44. The maximum Gasteiger partial charge on any atom is 0.0594 e. The van der Waals surface area contributed by atoms with E-state index in [0.29, 0.717) is 0 Å². The Labute approximate surface area is 85.8 Å². The molecule has 0 atom stereocenters. The number of rotatable bonds is 2. The van der Waals surface area contributed by atoms with Crippen molar-refractivity contribution in [2.45, 2.75) is 18.4 Å². The molecular weight excluding hydrogens is 178 g/mol. The van der Waals surface area contributed by atoms with Crippen LogP contribution >= 0.6 is 0 Å². The Morgan fingerprint density at radius 2 is 1.86 bits per heavy atom. The van der Waals surface area contributed by atoms with Gasteiger partial charge in [-0.05, 0) is 25.9 Å². The van der Waals surface area contributed by atoms with Gasteiger partial charge in [0, 0.05) is 25.2 Å². The monoisotopic (exact) mass is 199 g/mol. The van der Waals surface area contributed by atoms with Crippen LogP contribution in [-0.2, 0) is 4.74 Å².